The molecule has 0 fully saturated rings. The third-order valence-corrected chi connectivity index (χ3v) is 3.86. The Kier molecular flexibility index (Phi) is 4.71. The Bertz CT molecular complexity index is 587. The van der Waals surface area contributed by atoms with Gasteiger partial charge in [-0.25, -0.2) is 0 Å². The third-order valence-electron chi connectivity index (χ3n) is 2.67. The molecule has 0 saturated carbocycles. The number of pyridine rings is 1. The van der Waals surface area contributed by atoms with Gasteiger partial charge in [-0.1, -0.05) is 15.9 Å². The lowest BCUT2D eigenvalue weighted by molar-refractivity contribution is 0.0784. The minimum Gasteiger partial charge on any atom is -0.337 e. The topological polar surface area (TPSA) is 33.2 Å². The van der Waals surface area contributed by atoms with Gasteiger partial charge in [0.2, 0.25) is 0 Å². The largest absolute Gasteiger partial charge is 0.337 e. The summed E-state index contributed by atoms with van der Waals surface area (Å²) in [5.41, 5.74) is 1.70. The van der Waals surface area contributed by atoms with Gasteiger partial charge in [0.25, 0.3) is 5.91 Å². The van der Waals surface area contributed by atoms with Crippen molar-refractivity contribution in [3.8, 4) is 0 Å². The molecule has 0 atom stereocenters. The van der Waals surface area contributed by atoms with Crippen LogP contribution in [-0.4, -0.2) is 22.8 Å². The molecule has 1 aromatic heterocycles. The molecule has 1 heterocycles. The summed E-state index contributed by atoms with van der Waals surface area (Å²) in [7, 11) is 1.79. The second kappa shape index (κ2) is 6.30. The van der Waals surface area contributed by atoms with Crippen molar-refractivity contribution >= 4 is 37.8 Å². The lowest BCUT2D eigenvalue weighted by Gasteiger charge is -2.18. The molecule has 0 spiro atoms. The van der Waals surface area contributed by atoms with E-state index in [1.54, 1.807) is 24.3 Å². The highest BCUT2D eigenvalue weighted by Crippen LogP contribution is 2.23. The number of nitrogens with zero attached hydrogens (tertiary/aromatic N) is 2. The smallest absolute Gasteiger partial charge is 0.255 e. The lowest BCUT2D eigenvalue weighted by Crippen LogP contribution is -2.26. The SMILES string of the molecule is CN(Cc1ccncc1)C(=O)c1cc(Br)ccc1Br. The van der Waals surface area contributed by atoms with Crippen LogP contribution in [0.1, 0.15) is 15.9 Å². The highest BCUT2D eigenvalue weighted by Gasteiger charge is 2.15. The van der Waals surface area contributed by atoms with E-state index in [-0.39, 0.29) is 5.91 Å². The Morgan fingerprint density at radius 1 is 1.21 bits per heavy atom. The Balaban J connectivity index is 2.17. The average Bonchev–Trinajstić information content (AvgIpc) is 2.42. The number of hydrogen-bond acceptors (Lipinski definition) is 2. The molecule has 1 aromatic carbocycles. The highest BCUT2D eigenvalue weighted by atomic mass is 79.9. The summed E-state index contributed by atoms with van der Waals surface area (Å²) >= 11 is 6.79. The molecule has 0 aliphatic rings. The first-order valence-electron chi connectivity index (χ1n) is 5.67. The van der Waals surface area contributed by atoms with Gasteiger partial charge in [-0.05, 0) is 51.8 Å². The van der Waals surface area contributed by atoms with Crippen LogP contribution in [0.2, 0.25) is 0 Å². The summed E-state index contributed by atoms with van der Waals surface area (Å²) in [6.45, 7) is 0.556. The number of aromatic nitrogens is 1. The van der Waals surface area contributed by atoms with Crippen LogP contribution >= 0.6 is 31.9 Å². The van der Waals surface area contributed by atoms with E-state index in [4.69, 9.17) is 0 Å². The van der Waals surface area contributed by atoms with Crippen molar-refractivity contribution in [1.29, 1.82) is 0 Å². The number of halogens is 2. The molecule has 19 heavy (non-hydrogen) atoms. The van der Waals surface area contributed by atoms with Crippen LogP contribution in [0, 0.1) is 0 Å². The van der Waals surface area contributed by atoms with Crippen LogP contribution in [-0.2, 0) is 6.54 Å². The first kappa shape index (κ1) is 14.2. The van der Waals surface area contributed by atoms with Crippen LogP contribution < -0.4 is 0 Å². The zero-order chi connectivity index (χ0) is 13.8. The van der Waals surface area contributed by atoms with Gasteiger partial charge in [0.15, 0.2) is 0 Å². The Hall–Kier alpha value is -1.20. The minimum atomic E-state index is -0.0232. The summed E-state index contributed by atoms with van der Waals surface area (Å²) in [4.78, 5) is 18.0. The van der Waals surface area contributed by atoms with Crippen molar-refractivity contribution in [2.45, 2.75) is 6.54 Å². The molecule has 0 aliphatic carbocycles. The maximum absolute atomic E-state index is 12.4. The molecule has 2 aromatic rings. The van der Waals surface area contributed by atoms with Crippen LogP contribution in [0.25, 0.3) is 0 Å². The summed E-state index contributed by atoms with van der Waals surface area (Å²) in [6, 6.07) is 9.37. The van der Waals surface area contributed by atoms with Gasteiger partial charge in [-0.2, -0.15) is 0 Å². The van der Waals surface area contributed by atoms with E-state index in [2.05, 4.69) is 36.8 Å². The second-order valence-corrected chi connectivity index (χ2v) is 5.91. The average molecular weight is 384 g/mol. The van der Waals surface area contributed by atoms with Crippen LogP contribution in [0.4, 0.5) is 0 Å². The Morgan fingerprint density at radius 3 is 2.58 bits per heavy atom. The zero-order valence-electron chi connectivity index (χ0n) is 10.3. The van der Waals surface area contributed by atoms with E-state index in [1.807, 2.05) is 30.3 Å². The summed E-state index contributed by atoms with van der Waals surface area (Å²) in [5.74, 6) is -0.0232. The predicted molar refractivity (Wildman–Crippen MR) is 81.9 cm³/mol. The first-order valence-corrected chi connectivity index (χ1v) is 7.26. The molecule has 0 N–H and O–H groups in total. The molecule has 0 aliphatic heterocycles. The van der Waals surface area contributed by atoms with Crippen molar-refractivity contribution in [2.75, 3.05) is 7.05 Å². The van der Waals surface area contributed by atoms with Crippen molar-refractivity contribution in [3.63, 3.8) is 0 Å². The van der Waals surface area contributed by atoms with E-state index in [0.29, 0.717) is 12.1 Å². The van der Waals surface area contributed by atoms with E-state index in [9.17, 15) is 4.79 Å². The summed E-state index contributed by atoms with van der Waals surface area (Å²) < 4.78 is 1.68. The van der Waals surface area contributed by atoms with Gasteiger partial charge in [0, 0.05) is 34.9 Å². The highest BCUT2D eigenvalue weighted by molar-refractivity contribution is 9.11. The number of carbonyl (C=O) groups is 1. The van der Waals surface area contributed by atoms with Gasteiger partial charge in [0.05, 0.1) is 5.56 Å². The quantitative estimate of drug-likeness (QED) is 0.805. The normalized spacial score (nSPS) is 10.3. The van der Waals surface area contributed by atoms with E-state index in [0.717, 1.165) is 14.5 Å². The van der Waals surface area contributed by atoms with Gasteiger partial charge in [0.1, 0.15) is 0 Å². The number of hydrogen-bond donors (Lipinski definition) is 0. The second-order valence-electron chi connectivity index (χ2n) is 4.14. The summed E-state index contributed by atoms with van der Waals surface area (Å²) in [6.07, 6.45) is 3.45. The van der Waals surface area contributed by atoms with Crippen molar-refractivity contribution in [1.82, 2.24) is 9.88 Å². The first-order chi connectivity index (χ1) is 9.08. The molecule has 3 nitrogen and oxygen atoms in total. The lowest BCUT2D eigenvalue weighted by atomic mass is 10.2. The fraction of sp³-hybridized carbons (Fsp3) is 0.143. The molecule has 0 saturated heterocycles. The van der Waals surface area contributed by atoms with Crippen LogP contribution in [0.3, 0.4) is 0 Å². The van der Waals surface area contributed by atoms with Gasteiger partial charge in [-0.3, -0.25) is 9.78 Å². The van der Waals surface area contributed by atoms with Crippen LogP contribution in [0.5, 0.6) is 0 Å². The van der Waals surface area contributed by atoms with E-state index >= 15 is 0 Å². The van der Waals surface area contributed by atoms with E-state index in [1.165, 1.54) is 0 Å². The maximum Gasteiger partial charge on any atom is 0.255 e. The van der Waals surface area contributed by atoms with Crippen LogP contribution in [0.15, 0.2) is 51.7 Å². The molecular weight excluding hydrogens is 372 g/mol. The standard InChI is InChI=1S/C14H12Br2N2O/c1-18(9-10-4-6-17-7-5-10)14(19)12-8-11(15)2-3-13(12)16/h2-8H,9H2,1H3. The minimum absolute atomic E-state index is 0.0232. The number of rotatable bonds is 3. The van der Waals surface area contributed by atoms with Gasteiger partial charge >= 0.3 is 0 Å². The molecular formula is C14H12Br2N2O. The molecule has 2 rings (SSSR count). The molecule has 0 unspecified atom stereocenters. The number of amides is 1. The van der Waals surface area contributed by atoms with E-state index < -0.39 is 0 Å². The Labute approximate surface area is 128 Å². The fourth-order valence-electron chi connectivity index (χ4n) is 1.70. The monoisotopic (exact) mass is 382 g/mol. The summed E-state index contributed by atoms with van der Waals surface area (Å²) in [5, 5.41) is 0. The molecule has 98 valence electrons. The molecule has 5 heteroatoms. The maximum atomic E-state index is 12.4. The van der Waals surface area contributed by atoms with Gasteiger partial charge in [-0.15, -0.1) is 0 Å². The predicted octanol–water partition coefficient (Wildman–Crippen LogP) is 3.88. The van der Waals surface area contributed by atoms with Crippen molar-refractivity contribution < 1.29 is 4.79 Å². The van der Waals surface area contributed by atoms with Crippen molar-refractivity contribution in [2.24, 2.45) is 0 Å². The van der Waals surface area contributed by atoms with Crippen molar-refractivity contribution in [3.05, 3.63) is 62.8 Å². The molecule has 0 bridgehead atoms. The number of benzene rings is 1. The molecule has 0 radical (unpaired) electrons. The number of carbonyl (C=O) groups excluding carboxylic acids is 1. The fourth-order valence-corrected chi connectivity index (χ4v) is 2.48. The third kappa shape index (κ3) is 3.64. The Morgan fingerprint density at radius 2 is 1.89 bits per heavy atom. The zero-order valence-corrected chi connectivity index (χ0v) is 13.5. The van der Waals surface area contributed by atoms with Gasteiger partial charge < -0.3 is 4.90 Å². The molecule has 1 amide bonds.